The summed E-state index contributed by atoms with van der Waals surface area (Å²) in [4.78, 5) is 13.7. The van der Waals surface area contributed by atoms with E-state index in [0.29, 0.717) is 5.56 Å². The van der Waals surface area contributed by atoms with Crippen molar-refractivity contribution in [3.05, 3.63) is 52.2 Å². The van der Waals surface area contributed by atoms with Crippen LogP contribution in [0.2, 0.25) is 0 Å². The highest BCUT2D eigenvalue weighted by molar-refractivity contribution is 7.92. The zero-order chi connectivity index (χ0) is 15.6. The number of aryl methyl sites for hydroxylation is 1. The molecule has 2 rings (SSSR count). The maximum Gasteiger partial charge on any atom is 0.271 e. The topological polar surface area (TPSA) is 128 Å². The number of non-ortho nitro benzene ring substituents is 1. The van der Waals surface area contributed by atoms with Crippen LogP contribution in [0.1, 0.15) is 5.56 Å². The first-order valence-electron chi connectivity index (χ1n) is 5.79. The molecule has 0 unspecified atom stereocenters. The molecule has 0 aliphatic carbocycles. The molecule has 1 heterocycles. The van der Waals surface area contributed by atoms with Crippen LogP contribution in [0, 0.1) is 17.0 Å². The van der Waals surface area contributed by atoms with Gasteiger partial charge in [0.15, 0.2) is 0 Å². The first-order valence-corrected chi connectivity index (χ1v) is 7.28. The van der Waals surface area contributed by atoms with Gasteiger partial charge < -0.3 is 5.73 Å². The molecule has 0 radical (unpaired) electrons. The normalized spacial score (nSPS) is 11.1. The highest BCUT2D eigenvalue weighted by Gasteiger charge is 2.21. The Kier molecular flexibility index (Phi) is 3.76. The summed E-state index contributed by atoms with van der Waals surface area (Å²) in [6.45, 7) is 1.70. The summed E-state index contributed by atoms with van der Waals surface area (Å²) in [5.41, 5.74) is 5.75. The molecule has 0 saturated heterocycles. The molecule has 0 aliphatic rings. The van der Waals surface area contributed by atoms with Crippen LogP contribution >= 0.6 is 0 Å². The van der Waals surface area contributed by atoms with E-state index in [1.54, 1.807) is 19.1 Å². The molecular formula is C12H12N4O4S. The summed E-state index contributed by atoms with van der Waals surface area (Å²) in [7, 11) is -3.97. The van der Waals surface area contributed by atoms with Gasteiger partial charge in [0.25, 0.3) is 15.7 Å². The molecule has 1 aromatic heterocycles. The van der Waals surface area contributed by atoms with Crippen molar-refractivity contribution in [3.8, 4) is 0 Å². The van der Waals surface area contributed by atoms with Crippen LogP contribution in [0.5, 0.6) is 0 Å². The number of benzene rings is 1. The fraction of sp³-hybridized carbons (Fsp3) is 0.0833. The van der Waals surface area contributed by atoms with Crippen LogP contribution in [0.3, 0.4) is 0 Å². The van der Waals surface area contributed by atoms with Gasteiger partial charge in [0.1, 0.15) is 10.7 Å². The molecule has 0 amide bonds. The fourth-order valence-corrected chi connectivity index (χ4v) is 2.86. The van der Waals surface area contributed by atoms with Gasteiger partial charge in [-0.15, -0.1) is 0 Å². The van der Waals surface area contributed by atoms with E-state index >= 15 is 0 Å². The van der Waals surface area contributed by atoms with Crippen molar-refractivity contribution in [1.29, 1.82) is 0 Å². The lowest BCUT2D eigenvalue weighted by Gasteiger charge is -2.10. The van der Waals surface area contributed by atoms with Gasteiger partial charge >= 0.3 is 0 Å². The van der Waals surface area contributed by atoms with Gasteiger partial charge in [0.05, 0.1) is 10.6 Å². The van der Waals surface area contributed by atoms with E-state index in [1.165, 1.54) is 6.20 Å². The average Bonchev–Trinajstić information content (AvgIpc) is 2.40. The van der Waals surface area contributed by atoms with E-state index in [9.17, 15) is 18.5 Å². The highest BCUT2D eigenvalue weighted by atomic mass is 32.2. The summed E-state index contributed by atoms with van der Waals surface area (Å²) in [6.07, 6.45) is 1.45. The van der Waals surface area contributed by atoms with E-state index in [4.69, 9.17) is 5.73 Å². The molecule has 21 heavy (non-hydrogen) atoms. The third kappa shape index (κ3) is 3.08. The van der Waals surface area contributed by atoms with E-state index in [1.807, 2.05) is 0 Å². The lowest BCUT2D eigenvalue weighted by atomic mass is 10.3. The number of nitrogens with one attached hydrogen (secondary N) is 1. The van der Waals surface area contributed by atoms with Gasteiger partial charge in [0, 0.05) is 18.3 Å². The van der Waals surface area contributed by atoms with Crippen LogP contribution < -0.4 is 10.5 Å². The Morgan fingerprint density at radius 2 is 2.05 bits per heavy atom. The van der Waals surface area contributed by atoms with Gasteiger partial charge in [0.2, 0.25) is 0 Å². The maximum absolute atomic E-state index is 12.3. The molecule has 1 aromatic carbocycles. The zero-order valence-corrected chi connectivity index (χ0v) is 11.8. The van der Waals surface area contributed by atoms with Gasteiger partial charge in [-0.05, 0) is 24.6 Å². The lowest BCUT2D eigenvalue weighted by Crippen LogP contribution is -2.16. The van der Waals surface area contributed by atoms with E-state index in [2.05, 4.69) is 9.71 Å². The number of rotatable bonds is 4. The SMILES string of the molecule is Cc1cccnc1NS(=O)(=O)c1ccc([N+](=O)[O-])cc1N. The Morgan fingerprint density at radius 1 is 1.33 bits per heavy atom. The lowest BCUT2D eigenvalue weighted by molar-refractivity contribution is -0.384. The number of anilines is 2. The van der Waals surface area contributed by atoms with Gasteiger partial charge in [-0.25, -0.2) is 13.4 Å². The quantitative estimate of drug-likeness (QED) is 0.502. The third-order valence-electron chi connectivity index (χ3n) is 2.73. The molecule has 0 fully saturated rings. The first kappa shape index (κ1) is 14.7. The average molecular weight is 308 g/mol. The second kappa shape index (κ2) is 5.37. The second-order valence-corrected chi connectivity index (χ2v) is 5.90. The van der Waals surface area contributed by atoms with Gasteiger partial charge in [-0.1, -0.05) is 6.07 Å². The molecule has 9 heteroatoms. The number of hydrogen-bond acceptors (Lipinski definition) is 6. The minimum atomic E-state index is -3.97. The van der Waals surface area contributed by atoms with Crippen molar-refractivity contribution >= 4 is 27.2 Å². The molecule has 0 spiro atoms. The molecule has 0 saturated carbocycles. The third-order valence-corrected chi connectivity index (χ3v) is 4.15. The van der Waals surface area contributed by atoms with Crippen molar-refractivity contribution in [3.63, 3.8) is 0 Å². The van der Waals surface area contributed by atoms with Crippen LogP contribution in [0.15, 0.2) is 41.4 Å². The Balaban J connectivity index is 2.41. The monoisotopic (exact) mass is 308 g/mol. The Hall–Kier alpha value is -2.68. The summed E-state index contributed by atoms with van der Waals surface area (Å²) >= 11 is 0. The molecule has 3 N–H and O–H groups in total. The smallest absolute Gasteiger partial charge is 0.271 e. The number of nitro benzene ring substituents is 1. The van der Waals surface area contributed by atoms with Crippen LogP contribution in [-0.2, 0) is 10.0 Å². The maximum atomic E-state index is 12.3. The fourth-order valence-electron chi connectivity index (χ4n) is 1.67. The number of aromatic nitrogens is 1. The summed E-state index contributed by atoms with van der Waals surface area (Å²) in [5.74, 6) is 0.176. The standard InChI is InChI=1S/C12H12N4O4S/c1-8-3-2-6-14-12(8)15-21(19,20)11-5-4-9(16(17)18)7-10(11)13/h2-7H,13H2,1H3,(H,14,15). The second-order valence-electron chi connectivity index (χ2n) is 4.25. The Bertz CT molecular complexity index is 805. The van der Waals surface area contributed by atoms with Crippen molar-refractivity contribution in [1.82, 2.24) is 4.98 Å². The molecule has 0 bridgehead atoms. The summed E-state index contributed by atoms with van der Waals surface area (Å²) < 4.78 is 26.8. The highest BCUT2D eigenvalue weighted by Crippen LogP contribution is 2.25. The van der Waals surface area contributed by atoms with E-state index in [-0.39, 0.29) is 22.1 Å². The number of nitrogen functional groups attached to an aromatic ring is 1. The van der Waals surface area contributed by atoms with Crippen molar-refractivity contribution < 1.29 is 13.3 Å². The zero-order valence-electron chi connectivity index (χ0n) is 11.0. The molecule has 0 aliphatic heterocycles. The van der Waals surface area contributed by atoms with Crippen LogP contribution in [-0.4, -0.2) is 18.3 Å². The number of nitro groups is 1. The molecule has 2 aromatic rings. The van der Waals surface area contributed by atoms with Gasteiger partial charge in [-0.3, -0.25) is 14.8 Å². The first-order chi connectivity index (χ1) is 9.81. The number of nitrogens with zero attached hydrogens (tertiary/aromatic N) is 2. The largest absolute Gasteiger partial charge is 0.397 e. The van der Waals surface area contributed by atoms with Crippen molar-refractivity contribution in [2.45, 2.75) is 11.8 Å². The predicted molar refractivity (Wildman–Crippen MR) is 77.3 cm³/mol. The number of pyridine rings is 1. The van der Waals surface area contributed by atoms with E-state index < -0.39 is 14.9 Å². The van der Waals surface area contributed by atoms with Crippen LogP contribution in [0.4, 0.5) is 17.2 Å². The Labute approximate surface area is 120 Å². The Morgan fingerprint density at radius 3 is 2.62 bits per heavy atom. The predicted octanol–water partition coefficient (Wildman–Crippen LogP) is 1.68. The molecule has 8 nitrogen and oxygen atoms in total. The summed E-state index contributed by atoms with van der Waals surface area (Å²) in [5, 5.41) is 10.6. The minimum Gasteiger partial charge on any atom is -0.397 e. The molecule has 110 valence electrons. The number of hydrogen-bond donors (Lipinski definition) is 2. The van der Waals surface area contributed by atoms with Crippen LogP contribution in [0.25, 0.3) is 0 Å². The van der Waals surface area contributed by atoms with E-state index in [0.717, 1.165) is 18.2 Å². The van der Waals surface area contributed by atoms with Crippen molar-refractivity contribution in [2.24, 2.45) is 0 Å². The number of sulfonamides is 1. The molecule has 0 atom stereocenters. The number of nitrogens with two attached hydrogens (primary N) is 1. The summed E-state index contributed by atoms with van der Waals surface area (Å²) in [6, 6.07) is 6.54. The minimum absolute atomic E-state index is 0.176. The van der Waals surface area contributed by atoms with Gasteiger partial charge in [-0.2, -0.15) is 0 Å². The molecular weight excluding hydrogens is 296 g/mol. The van der Waals surface area contributed by atoms with Crippen molar-refractivity contribution in [2.75, 3.05) is 10.5 Å².